The Morgan fingerprint density at radius 3 is 1.67 bits per heavy atom. The molecule has 0 unspecified atom stereocenters. The van der Waals surface area contributed by atoms with E-state index in [1.165, 1.54) is 47.3 Å². The lowest BCUT2D eigenvalue weighted by molar-refractivity contribution is 1.07. The van der Waals surface area contributed by atoms with E-state index in [-0.39, 0.29) is 0 Å². The standard InChI is InChI=1S/C41H25N3S/c1-3-13-27(14-4-1)39-42-40(28-15-5-2-6-16-28)44-41(43-39)31-18-11-17-29(24-31)34-25-30-23-22-26-12-7-8-19-32(26)36(30)38-37(34)33-20-9-10-21-35(33)45-38/h1-25H. The Morgan fingerprint density at radius 2 is 0.933 bits per heavy atom. The highest BCUT2D eigenvalue weighted by molar-refractivity contribution is 7.27. The fourth-order valence-electron chi connectivity index (χ4n) is 6.37. The van der Waals surface area contributed by atoms with E-state index in [0.29, 0.717) is 17.5 Å². The molecule has 9 rings (SSSR count). The van der Waals surface area contributed by atoms with E-state index in [4.69, 9.17) is 15.0 Å². The SMILES string of the molecule is c1ccc(-c2nc(-c3ccccc3)nc(-c3cccc(-c4cc5ccc6ccccc6c5c5sc6ccccc6c45)c3)n2)cc1. The third kappa shape index (κ3) is 4.38. The van der Waals surface area contributed by atoms with Gasteiger partial charge in [0, 0.05) is 42.2 Å². The maximum atomic E-state index is 5.00. The van der Waals surface area contributed by atoms with Crippen LogP contribution in [0.25, 0.3) is 87.0 Å². The second-order valence-electron chi connectivity index (χ2n) is 11.2. The summed E-state index contributed by atoms with van der Waals surface area (Å²) < 4.78 is 2.62. The van der Waals surface area contributed by atoms with Gasteiger partial charge in [-0.15, -0.1) is 11.3 Å². The normalized spacial score (nSPS) is 11.6. The molecule has 2 heterocycles. The highest BCUT2D eigenvalue weighted by Crippen LogP contribution is 2.46. The van der Waals surface area contributed by atoms with Crippen LogP contribution in [0.5, 0.6) is 0 Å². The van der Waals surface area contributed by atoms with Crippen molar-refractivity contribution in [2.75, 3.05) is 0 Å². The smallest absolute Gasteiger partial charge is 0.164 e. The summed E-state index contributed by atoms with van der Waals surface area (Å²) in [6, 6.07) is 53.2. The quantitative estimate of drug-likeness (QED) is 0.191. The minimum absolute atomic E-state index is 0.655. The molecule has 0 amide bonds. The maximum Gasteiger partial charge on any atom is 0.164 e. The average Bonchev–Trinajstić information content (AvgIpc) is 3.51. The van der Waals surface area contributed by atoms with Gasteiger partial charge in [0.2, 0.25) is 0 Å². The summed E-state index contributed by atoms with van der Waals surface area (Å²) in [5.74, 6) is 1.98. The highest BCUT2D eigenvalue weighted by atomic mass is 32.1. The Balaban J connectivity index is 1.29. The number of benzene rings is 7. The number of aromatic nitrogens is 3. The first-order chi connectivity index (χ1) is 22.3. The lowest BCUT2D eigenvalue weighted by Gasteiger charge is -2.12. The molecule has 0 saturated carbocycles. The van der Waals surface area contributed by atoms with Crippen molar-refractivity contribution in [3.05, 3.63) is 152 Å². The van der Waals surface area contributed by atoms with Crippen LogP contribution in [0.3, 0.4) is 0 Å². The van der Waals surface area contributed by atoms with Crippen molar-refractivity contribution in [2.45, 2.75) is 0 Å². The molecule has 0 aliphatic carbocycles. The third-order valence-corrected chi connectivity index (χ3v) is 9.67. The molecule has 3 nitrogen and oxygen atoms in total. The summed E-state index contributed by atoms with van der Waals surface area (Å²) in [7, 11) is 0. The number of nitrogens with zero attached hydrogens (tertiary/aromatic N) is 3. The van der Waals surface area contributed by atoms with E-state index in [9.17, 15) is 0 Å². The van der Waals surface area contributed by atoms with Gasteiger partial charge in [-0.3, -0.25) is 0 Å². The van der Waals surface area contributed by atoms with Gasteiger partial charge in [-0.1, -0.05) is 133 Å². The summed E-state index contributed by atoms with van der Waals surface area (Å²) in [4.78, 5) is 14.9. The van der Waals surface area contributed by atoms with Gasteiger partial charge in [-0.2, -0.15) is 0 Å². The fraction of sp³-hybridized carbons (Fsp3) is 0. The fourth-order valence-corrected chi connectivity index (χ4v) is 7.67. The summed E-state index contributed by atoms with van der Waals surface area (Å²) in [6.07, 6.45) is 0. The molecular weight excluding hydrogens is 567 g/mol. The van der Waals surface area contributed by atoms with Crippen LogP contribution in [-0.2, 0) is 0 Å². The largest absolute Gasteiger partial charge is 0.208 e. The van der Waals surface area contributed by atoms with Crippen molar-refractivity contribution in [3.8, 4) is 45.3 Å². The van der Waals surface area contributed by atoms with Crippen LogP contribution in [0, 0.1) is 0 Å². The Labute approximate surface area is 264 Å². The Kier molecular flexibility index (Phi) is 6.00. The molecule has 0 aliphatic heterocycles. The minimum atomic E-state index is 0.655. The van der Waals surface area contributed by atoms with Gasteiger partial charge in [0.05, 0.1) is 0 Å². The zero-order valence-electron chi connectivity index (χ0n) is 24.2. The van der Waals surface area contributed by atoms with E-state index in [1.54, 1.807) is 0 Å². The first-order valence-corrected chi connectivity index (χ1v) is 15.9. The van der Waals surface area contributed by atoms with Gasteiger partial charge >= 0.3 is 0 Å². The van der Waals surface area contributed by atoms with E-state index in [0.717, 1.165) is 22.3 Å². The molecule has 7 aromatic carbocycles. The van der Waals surface area contributed by atoms with Crippen molar-refractivity contribution >= 4 is 53.1 Å². The Hall–Kier alpha value is -5.71. The molecule has 9 aromatic rings. The Bertz CT molecular complexity index is 2480. The van der Waals surface area contributed by atoms with Crippen molar-refractivity contribution in [1.82, 2.24) is 15.0 Å². The summed E-state index contributed by atoms with van der Waals surface area (Å²) in [5.41, 5.74) is 5.23. The Morgan fingerprint density at radius 1 is 0.378 bits per heavy atom. The number of hydrogen-bond acceptors (Lipinski definition) is 4. The molecular formula is C41H25N3S. The number of thiophene rings is 1. The highest BCUT2D eigenvalue weighted by Gasteiger charge is 2.18. The van der Waals surface area contributed by atoms with E-state index in [1.807, 2.05) is 72.0 Å². The van der Waals surface area contributed by atoms with Gasteiger partial charge in [-0.25, -0.2) is 15.0 Å². The molecule has 0 spiro atoms. The monoisotopic (exact) mass is 591 g/mol. The number of hydrogen-bond donors (Lipinski definition) is 0. The predicted molar refractivity (Wildman–Crippen MR) is 189 cm³/mol. The van der Waals surface area contributed by atoms with Gasteiger partial charge < -0.3 is 0 Å². The van der Waals surface area contributed by atoms with Crippen LogP contribution in [0.1, 0.15) is 0 Å². The van der Waals surface area contributed by atoms with Crippen molar-refractivity contribution < 1.29 is 0 Å². The van der Waals surface area contributed by atoms with Gasteiger partial charge in [0.25, 0.3) is 0 Å². The van der Waals surface area contributed by atoms with Crippen LogP contribution in [-0.4, -0.2) is 15.0 Å². The van der Waals surface area contributed by atoms with Gasteiger partial charge in [0.15, 0.2) is 17.5 Å². The molecule has 0 aliphatic rings. The maximum absolute atomic E-state index is 5.00. The lowest BCUT2D eigenvalue weighted by Crippen LogP contribution is -2.00. The second-order valence-corrected chi connectivity index (χ2v) is 12.3. The molecule has 4 heteroatoms. The van der Waals surface area contributed by atoms with Crippen molar-refractivity contribution in [1.29, 1.82) is 0 Å². The van der Waals surface area contributed by atoms with Crippen LogP contribution >= 0.6 is 11.3 Å². The molecule has 0 bridgehead atoms. The zero-order valence-corrected chi connectivity index (χ0v) is 25.0. The van der Waals surface area contributed by atoms with Crippen LogP contribution in [0.15, 0.2) is 152 Å². The minimum Gasteiger partial charge on any atom is -0.208 e. The van der Waals surface area contributed by atoms with Crippen LogP contribution in [0.4, 0.5) is 0 Å². The number of rotatable bonds is 4. The average molecular weight is 592 g/mol. The third-order valence-electron chi connectivity index (χ3n) is 8.48. The predicted octanol–water partition coefficient (Wildman–Crippen LogP) is 11.2. The molecule has 210 valence electrons. The molecule has 0 atom stereocenters. The lowest BCUT2D eigenvalue weighted by atomic mass is 9.92. The molecule has 0 fully saturated rings. The van der Waals surface area contributed by atoms with Crippen LogP contribution < -0.4 is 0 Å². The van der Waals surface area contributed by atoms with Crippen molar-refractivity contribution in [3.63, 3.8) is 0 Å². The van der Waals surface area contributed by atoms with Gasteiger partial charge in [-0.05, 0) is 45.5 Å². The van der Waals surface area contributed by atoms with E-state index >= 15 is 0 Å². The topological polar surface area (TPSA) is 38.7 Å². The zero-order chi connectivity index (χ0) is 29.7. The summed E-state index contributed by atoms with van der Waals surface area (Å²) in [5, 5.41) is 7.69. The van der Waals surface area contributed by atoms with Crippen molar-refractivity contribution in [2.24, 2.45) is 0 Å². The molecule has 45 heavy (non-hydrogen) atoms. The summed E-state index contributed by atoms with van der Waals surface area (Å²) in [6.45, 7) is 0. The van der Waals surface area contributed by atoms with E-state index in [2.05, 4.69) is 91.0 Å². The molecule has 0 N–H and O–H groups in total. The van der Waals surface area contributed by atoms with Gasteiger partial charge in [0.1, 0.15) is 0 Å². The molecule has 0 radical (unpaired) electrons. The van der Waals surface area contributed by atoms with Crippen LogP contribution in [0.2, 0.25) is 0 Å². The molecule has 2 aromatic heterocycles. The molecule has 0 saturated heterocycles. The number of fused-ring (bicyclic) bond motifs is 7. The van der Waals surface area contributed by atoms with E-state index < -0.39 is 0 Å². The second kappa shape index (κ2) is 10.5. The first kappa shape index (κ1) is 25.8. The first-order valence-electron chi connectivity index (χ1n) is 15.0. The summed E-state index contributed by atoms with van der Waals surface area (Å²) >= 11 is 1.88.